The third-order valence-electron chi connectivity index (χ3n) is 4.89. The van der Waals surface area contributed by atoms with E-state index in [1.807, 2.05) is 0 Å². The summed E-state index contributed by atoms with van der Waals surface area (Å²) < 4.78 is 0. The first-order valence-corrected chi connectivity index (χ1v) is 7.18. The van der Waals surface area contributed by atoms with Crippen LogP contribution in [-0.4, -0.2) is 24.5 Å². The van der Waals surface area contributed by atoms with Crippen LogP contribution in [0.2, 0.25) is 0 Å². The Bertz CT molecular complexity index is 448. The Morgan fingerprint density at radius 2 is 2.00 bits per heavy atom. The molecule has 1 fully saturated rings. The Morgan fingerprint density at radius 3 is 2.63 bits per heavy atom. The minimum atomic E-state index is 0.141. The van der Waals surface area contributed by atoms with Gasteiger partial charge >= 0.3 is 0 Å². The van der Waals surface area contributed by atoms with Crippen LogP contribution in [0.15, 0.2) is 30.3 Å². The second-order valence-electron chi connectivity index (χ2n) is 6.25. The number of nitrogens with zero attached hydrogens (tertiary/aromatic N) is 2. The number of likely N-dealkylation sites (tertiary alicyclic amines) is 1. The van der Waals surface area contributed by atoms with Crippen LogP contribution in [-0.2, 0) is 6.42 Å². The van der Waals surface area contributed by atoms with Crippen molar-refractivity contribution in [1.29, 1.82) is 5.26 Å². The number of benzene rings is 1. The van der Waals surface area contributed by atoms with E-state index in [1.165, 1.54) is 5.56 Å². The van der Waals surface area contributed by atoms with Gasteiger partial charge in [-0.15, -0.1) is 0 Å². The van der Waals surface area contributed by atoms with Crippen LogP contribution < -0.4 is 0 Å². The van der Waals surface area contributed by atoms with Crippen molar-refractivity contribution in [2.75, 3.05) is 13.6 Å². The predicted octanol–water partition coefficient (Wildman–Crippen LogP) is 3.49. The van der Waals surface area contributed by atoms with Gasteiger partial charge in [0, 0.05) is 19.0 Å². The number of rotatable bonds is 3. The number of hydrogen-bond donors (Lipinski definition) is 0. The van der Waals surface area contributed by atoms with Gasteiger partial charge in [0.05, 0.1) is 6.07 Å². The van der Waals surface area contributed by atoms with Gasteiger partial charge in [-0.25, -0.2) is 0 Å². The molecule has 19 heavy (non-hydrogen) atoms. The van der Waals surface area contributed by atoms with Gasteiger partial charge in [-0.3, -0.25) is 0 Å². The van der Waals surface area contributed by atoms with Gasteiger partial charge in [-0.1, -0.05) is 37.3 Å². The van der Waals surface area contributed by atoms with E-state index in [9.17, 15) is 5.26 Å². The van der Waals surface area contributed by atoms with Gasteiger partial charge in [0.1, 0.15) is 0 Å². The van der Waals surface area contributed by atoms with Crippen molar-refractivity contribution in [1.82, 2.24) is 4.90 Å². The number of piperidine rings is 1. The molecule has 1 heterocycles. The molecule has 3 atom stereocenters. The summed E-state index contributed by atoms with van der Waals surface area (Å²) in [7, 11) is 2.19. The molecule has 0 aromatic heterocycles. The van der Waals surface area contributed by atoms with E-state index in [0.717, 1.165) is 19.4 Å². The zero-order chi connectivity index (χ0) is 13.9. The number of nitriles is 1. The fraction of sp³-hybridized carbons (Fsp3) is 0.588. The van der Waals surface area contributed by atoms with Gasteiger partial charge < -0.3 is 4.90 Å². The molecule has 0 N–H and O–H groups in total. The molecule has 1 aromatic rings. The molecule has 0 radical (unpaired) electrons. The van der Waals surface area contributed by atoms with Gasteiger partial charge in [0.2, 0.25) is 0 Å². The smallest absolute Gasteiger partial charge is 0.0627 e. The lowest BCUT2D eigenvalue weighted by atomic mass is 9.64. The molecule has 0 unspecified atom stereocenters. The SMILES string of the molecule is C[C@@H]1CN(C)[C@@H](C)C[C@]1(CC#N)Cc1ccccc1. The van der Waals surface area contributed by atoms with Crippen molar-refractivity contribution in [3.63, 3.8) is 0 Å². The van der Waals surface area contributed by atoms with Crippen LogP contribution >= 0.6 is 0 Å². The van der Waals surface area contributed by atoms with Crippen LogP contribution in [0.1, 0.15) is 32.3 Å². The summed E-state index contributed by atoms with van der Waals surface area (Å²) in [5.41, 5.74) is 1.50. The molecule has 2 nitrogen and oxygen atoms in total. The van der Waals surface area contributed by atoms with E-state index in [-0.39, 0.29) is 5.41 Å². The highest BCUT2D eigenvalue weighted by Crippen LogP contribution is 2.44. The summed E-state index contributed by atoms with van der Waals surface area (Å²) in [6.07, 6.45) is 2.81. The van der Waals surface area contributed by atoms with Crippen LogP contribution in [0.5, 0.6) is 0 Å². The Kier molecular flexibility index (Phi) is 4.27. The van der Waals surface area contributed by atoms with E-state index >= 15 is 0 Å². The average molecular weight is 256 g/mol. The molecule has 1 aromatic carbocycles. The third-order valence-corrected chi connectivity index (χ3v) is 4.89. The first kappa shape index (κ1) is 14.1. The van der Waals surface area contributed by atoms with Crippen molar-refractivity contribution < 1.29 is 0 Å². The number of hydrogen-bond acceptors (Lipinski definition) is 2. The fourth-order valence-corrected chi connectivity index (χ4v) is 3.47. The standard InChI is InChI=1S/C17H24N2/c1-14-13-19(3)15(2)11-17(14,9-10-18)12-16-7-5-4-6-8-16/h4-8,14-15H,9,11-13H2,1-3H3/t14-,15+,17-/m1/s1. The Balaban J connectivity index is 2.25. The van der Waals surface area contributed by atoms with Crippen LogP contribution in [0, 0.1) is 22.7 Å². The molecule has 1 aliphatic heterocycles. The molecular weight excluding hydrogens is 232 g/mol. The second kappa shape index (κ2) is 5.75. The molecular formula is C17H24N2. The molecule has 1 saturated heterocycles. The van der Waals surface area contributed by atoms with Crippen molar-refractivity contribution >= 4 is 0 Å². The average Bonchev–Trinajstić information content (AvgIpc) is 2.38. The van der Waals surface area contributed by atoms with Crippen LogP contribution in [0.4, 0.5) is 0 Å². The molecule has 1 aliphatic rings. The monoisotopic (exact) mass is 256 g/mol. The summed E-state index contributed by atoms with van der Waals surface area (Å²) >= 11 is 0. The van der Waals surface area contributed by atoms with Crippen molar-refractivity contribution in [2.45, 2.75) is 39.2 Å². The maximum Gasteiger partial charge on any atom is 0.0627 e. The van der Waals surface area contributed by atoms with Gasteiger partial charge in [0.15, 0.2) is 0 Å². The molecule has 102 valence electrons. The highest BCUT2D eigenvalue weighted by atomic mass is 15.1. The minimum absolute atomic E-state index is 0.141. The molecule has 2 heteroatoms. The Hall–Kier alpha value is -1.33. The zero-order valence-electron chi connectivity index (χ0n) is 12.3. The molecule has 0 amide bonds. The van der Waals surface area contributed by atoms with Crippen LogP contribution in [0.25, 0.3) is 0 Å². The molecule has 2 rings (SSSR count). The predicted molar refractivity (Wildman–Crippen MR) is 78.7 cm³/mol. The van der Waals surface area contributed by atoms with Crippen molar-refractivity contribution in [3.05, 3.63) is 35.9 Å². The van der Waals surface area contributed by atoms with E-state index in [4.69, 9.17) is 0 Å². The summed E-state index contributed by atoms with van der Waals surface area (Å²) in [5, 5.41) is 9.27. The van der Waals surface area contributed by atoms with Gasteiger partial charge in [-0.2, -0.15) is 5.26 Å². The Labute approximate surface area is 117 Å². The maximum absolute atomic E-state index is 9.27. The summed E-state index contributed by atoms with van der Waals surface area (Å²) in [5.74, 6) is 0.563. The maximum atomic E-state index is 9.27. The van der Waals surface area contributed by atoms with Gasteiger partial charge in [-0.05, 0) is 43.7 Å². The molecule has 0 bridgehead atoms. The fourth-order valence-electron chi connectivity index (χ4n) is 3.47. The summed E-state index contributed by atoms with van der Waals surface area (Å²) in [6, 6.07) is 13.6. The van der Waals surface area contributed by atoms with Crippen molar-refractivity contribution in [3.8, 4) is 6.07 Å². The molecule has 0 saturated carbocycles. The lowest BCUT2D eigenvalue weighted by Gasteiger charge is -2.48. The first-order chi connectivity index (χ1) is 9.07. The Morgan fingerprint density at radius 1 is 1.32 bits per heavy atom. The summed E-state index contributed by atoms with van der Waals surface area (Å²) in [6.45, 7) is 5.68. The largest absolute Gasteiger partial charge is 0.303 e. The van der Waals surface area contributed by atoms with Gasteiger partial charge in [0.25, 0.3) is 0 Å². The first-order valence-electron chi connectivity index (χ1n) is 7.18. The highest BCUT2D eigenvalue weighted by molar-refractivity contribution is 5.18. The molecule has 0 aliphatic carbocycles. The van der Waals surface area contributed by atoms with E-state index in [0.29, 0.717) is 18.4 Å². The minimum Gasteiger partial charge on any atom is -0.303 e. The molecule has 0 spiro atoms. The highest BCUT2D eigenvalue weighted by Gasteiger charge is 2.42. The zero-order valence-corrected chi connectivity index (χ0v) is 12.3. The lowest BCUT2D eigenvalue weighted by molar-refractivity contribution is 0.0228. The quantitative estimate of drug-likeness (QED) is 0.827. The topological polar surface area (TPSA) is 27.0 Å². The summed E-state index contributed by atoms with van der Waals surface area (Å²) in [4.78, 5) is 2.42. The van der Waals surface area contributed by atoms with Crippen molar-refractivity contribution in [2.24, 2.45) is 11.3 Å². The van der Waals surface area contributed by atoms with E-state index < -0.39 is 0 Å². The second-order valence-corrected chi connectivity index (χ2v) is 6.25. The van der Waals surface area contributed by atoms with E-state index in [2.05, 4.69) is 62.2 Å². The normalized spacial score (nSPS) is 31.9. The third kappa shape index (κ3) is 2.98. The van der Waals surface area contributed by atoms with E-state index in [1.54, 1.807) is 0 Å². The van der Waals surface area contributed by atoms with Crippen LogP contribution in [0.3, 0.4) is 0 Å². The lowest BCUT2D eigenvalue weighted by Crippen LogP contribution is -2.50.